The molecule has 0 aromatic carbocycles. The largest absolute Gasteiger partial charge is 0.342 e. The minimum absolute atomic E-state index is 0.0707. The number of hydrogen-bond donors (Lipinski definition) is 1. The van der Waals surface area contributed by atoms with Crippen molar-refractivity contribution in [3.63, 3.8) is 0 Å². The van der Waals surface area contributed by atoms with Crippen LogP contribution in [0.25, 0.3) is 0 Å². The van der Waals surface area contributed by atoms with Crippen LogP contribution in [0.3, 0.4) is 0 Å². The molecule has 3 nitrogen and oxygen atoms in total. The molecule has 1 aliphatic carbocycles. The average Bonchev–Trinajstić information content (AvgIpc) is 3.10. The van der Waals surface area contributed by atoms with E-state index in [2.05, 4.69) is 17.1 Å². The summed E-state index contributed by atoms with van der Waals surface area (Å²) < 4.78 is 0. The maximum absolute atomic E-state index is 12.4. The topological polar surface area (TPSA) is 32.3 Å². The summed E-state index contributed by atoms with van der Waals surface area (Å²) in [4.78, 5) is 14.5. The van der Waals surface area contributed by atoms with E-state index < -0.39 is 0 Å². The molecule has 2 rings (SSSR count). The van der Waals surface area contributed by atoms with Gasteiger partial charge in [0, 0.05) is 24.5 Å². The van der Waals surface area contributed by atoms with Crippen molar-refractivity contribution in [1.82, 2.24) is 10.2 Å². The minimum Gasteiger partial charge on any atom is -0.342 e. The van der Waals surface area contributed by atoms with Crippen LogP contribution < -0.4 is 5.32 Å². The second kappa shape index (κ2) is 4.74. The zero-order valence-electron chi connectivity index (χ0n) is 10.6. The lowest BCUT2D eigenvalue weighted by Gasteiger charge is -2.34. The SMILES string of the molecule is CCCC1(C(=O)N2CCC(NC)CC2)CC1. The fraction of sp³-hybridized carbons (Fsp3) is 0.923. The Morgan fingerprint density at radius 3 is 2.44 bits per heavy atom. The van der Waals surface area contributed by atoms with Crippen molar-refractivity contribution < 1.29 is 4.79 Å². The zero-order valence-corrected chi connectivity index (χ0v) is 10.6. The normalized spacial score (nSPS) is 24.5. The first-order valence-electron chi connectivity index (χ1n) is 6.68. The first-order chi connectivity index (χ1) is 7.72. The molecule has 0 unspecified atom stereocenters. The van der Waals surface area contributed by atoms with E-state index in [0.717, 1.165) is 51.6 Å². The third kappa shape index (κ3) is 2.24. The van der Waals surface area contributed by atoms with Crippen LogP contribution in [0.15, 0.2) is 0 Å². The van der Waals surface area contributed by atoms with Gasteiger partial charge in [-0.25, -0.2) is 0 Å². The number of rotatable bonds is 4. The highest BCUT2D eigenvalue weighted by atomic mass is 16.2. The minimum atomic E-state index is 0.0707. The summed E-state index contributed by atoms with van der Waals surface area (Å²) >= 11 is 0. The van der Waals surface area contributed by atoms with Gasteiger partial charge in [-0.05, 0) is 39.2 Å². The van der Waals surface area contributed by atoms with Gasteiger partial charge in [-0.1, -0.05) is 13.3 Å². The van der Waals surface area contributed by atoms with E-state index in [1.165, 1.54) is 0 Å². The molecule has 0 bridgehead atoms. The molecule has 0 radical (unpaired) electrons. The third-order valence-corrected chi connectivity index (χ3v) is 4.23. The lowest BCUT2D eigenvalue weighted by atomic mass is 9.96. The molecule has 1 aliphatic heterocycles. The van der Waals surface area contributed by atoms with Crippen LogP contribution in [0.2, 0.25) is 0 Å². The van der Waals surface area contributed by atoms with Crippen LogP contribution in [0.1, 0.15) is 45.4 Å². The molecular formula is C13H24N2O. The Hall–Kier alpha value is -0.570. The van der Waals surface area contributed by atoms with Gasteiger partial charge in [0.2, 0.25) is 5.91 Å². The molecule has 1 saturated heterocycles. The molecule has 1 heterocycles. The molecule has 2 aliphatic rings. The summed E-state index contributed by atoms with van der Waals surface area (Å²) in [6.45, 7) is 4.09. The van der Waals surface area contributed by atoms with Crippen LogP contribution in [0.4, 0.5) is 0 Å². The van der Waals surface area contributed by atoms with Gasteiger partial charge in [-0.3, -0.25) is 4.79 Å². The number of piperidine rings is 1. The van der Waals surface area contributed by atoms with Crippen molar-refractivity contribution in [2.45, 2.75) is 51.5 Å². The fourth-order valence-corrected chi connectivity index (χ4v) is 2.91. The summed E-state index contributed by atoms with van der Waals surface area (Å²) in [6, 6.07) is 0.616. The van der Waals surface area contributed by atoms with E-state index in [-0.39, 0.29) is 5.41 Å². The summed E-state index contributed by atoms with van der Waals surface area (Å²) in [7, 11) is 2.02. The molecule has 0 atom stereocenters. The number of nitrogens with zero attached hydrogens (tertiary/aromatic N) is 1. The lowest BCUT2D eigenvalue weighted by molar-refractivity contribution is -0.138. The van der Waals surface area contributed by atoms with Crippen molar-refractivity contribution >= 4 is 5.91 Å². The molecule has 0 aromatic heterocycles. The molecule has 0 aromatic rings. The number of nitrogens with one attached hydrogen (secondary N) is 1. The molecule has 2 fully saturated rings. The Bertz CT molecular complexity index is 253. The van der Waals surface area contributed by atoms with Crippen LogP contribution >= 0.6 is 0 Å². The van der Waals surface area contributed by atoms with Crippen molar-refractivity contribution in [3.05, 3.63) is 0 Å². The quantitative estimate of drug-likeness (QED) is 0.789. The fourth-order valence-electron chi connectivity index (χ4n) is 2.91. The molecule has 0 spiro atoms. The van der Waals surface area contributed by atoms with Gasteiger partial charge in [0.25, 0.3) is 0 Å². The van der Waals surface area contributed by atoms with Crippen LogP contribution in [-0.4, -0.2) is 37.0 Å². The van der Waals surface area contributed by atoms with Crippen molar-refractivity contribution in [1.29, 1.82) is 0 Å². The molecule has 16 heavy (non-hydrogen) atoms. The Morgan fingerprint density at radius 1 is 1.38 bits per heavy atom. The van der Waals surface area contributed by atoms with Crippen molar-refractivity contribution in [2.75, 3.05) is 20.1 Å². The molecule has 3 heteroatoms. The summed E-state index contributed by atoms with van der Waals surface area (Å²) in [6.07, 6.45) is 6.72. The van der Waals surface area contributed by atoms with Gasteiger partial charge in [-0.2, -0.15) is 0 Å². The van der Waals surface area contributed by atoms with Gasteiger partial charge in [0.05, 0.1) is 0 Å². The zero-order chi connectivity index (χ0) is 11.6. The number of carbonyl (C=O) groups is 1. The van der Waals surface area contributed by atoms with E-state index in [9.17, 15) is 4.79 Å². The van der Waals surface area contributed by atoms with Crippen molar-refractivity contribution in [2.24, 2.45) is 5.41 Å². The van der Waals surface area contributed by atoms with E-state index in [0.29, 0.717) is 11.9 Å². The Kier molecular flexibility index (Phi) is 3.53. The first-order valence-corrected chi connectivity index (χ1v) is 6.68. The predicted molar refractivity (Wildman–Crippen MR) is 65.2 cm³/mol. The maximum Gasteiger partial charge on any atom is 0.228 e. The third-order valence-electron chi connectivity index (χ3n) is 4.23. The Labute approximate surface area is 98.6 Å². The smallest absolute Gasteiger partial charge is 0.228 e. The van der Waals surface area contributed by atoms with Gasteiger partial charge in [-0.15, -0.1) is 0 Å². The van der Waals surface area contributed by atoms with Gasteiger partial charge < -0.3 is 10.2 Å². The molecular weight excluding hydrogens is 200 g/mol. The second-order valence-corrected chi connectivity index (χ2v) is 5.39. The predicted octanol–water partition coefficient (Wildman–Crippen LogP) is 1.78. The highest BCUT2D eigenvalue weighted by Gasteiger charge is 2.50. The number of likely N-dealkylation sites (tertiary alicyclic amines) is 1. The van der Waals surface area contributed by atoms with E-state index in [4.69, 9.17) is 0 Å². The van der Waals surface area contributed by atoms with Gasteiger partial charge >= 0.3 is 0 Å². The monoisotopic (exact) mass is 224 g/mol. The van der Waals surface area contributed by atoms with E-state index in [1.807, 2.05) is 7.05 Å². The van der Waals surface area contributed by atoms with Crippen LogP contribution in [-0.2, 0) is 4.79 Å². The molecule has 1 saturated carbocycles. The molecule has 92 valence electrons. The van der Waals surface area contributed by atoms with Gasteiger partial charge in [0.15, 0.2) is 0 Å². The summed E-state index contributed by atoms with van der Waals surface area (Å²) in [5, 5.41) is 3.30. The van der Waals surface area contributed by atoms with E-state index >= 15 is 0 Å². The number of carbonyl (C=O) groups excluding carboxylic acids is 1. The Morgan fingerprint density at radius 2 is 2.00 bits per heavy atom. The average molecular weight is 224 g/mol. The van der Waals surface area contributed by atoms with Crippen molar-refractivity contribution in [3.8, 4) is 0 Å². The summed E-state index contributed by atoms with van der Waals surface area (Å²) in [5.74, 6) is 0.448. The highest BCUT2D eigenvalue weighted by molar-refractivity contribution is 5.85. The number of amides is 1. The standard InChI is InChI=1S/C13H24N2O/c1-3-6-13(7-8-13)12(16)15-9-4-11(14-2)5-10-15/h11,14H,3-10H2,1-2H3. The molecule has 1 amide bonds. The van der Waals surface area contributed by atoms with Crippen LogP contribution in [0.5, 0.6) is 0 Å². The van der Waals surface area contributed by atoms with Gasteiger partial charge in [0.1, 0.15) is 0 Å². The summed E-state index contributed by atoms with van der Waals surface area (Å²) in [5.41, 5.74) is 0.0707. The Balaban J connectivity index is 1.87. The highest BCUT2D eigenvalue weighted by Crippen LogP contribution is 2.51. The maximum atomic E-state index is 12.4. The van der Waals surface area contributed by atoms with E-state index in [1.54, 1.807) is 0 Å². The number of hydrogen-bond acceptors (Lipinski definition) is 2. The first kappa shape index (κ1) is 11.9. The van der Waals surface area contributed by atoms with Crippen LogP contribution in [0, 0.1) is 5.41 Å². The second-order valence-electron chi connectivity index (χ2n) is 5.39. The lowest BCUT2D eigenvalue weighted by Crippen LogP contribution is -2.46. The molecule has 1 N–H and O–H groups in total.